The van der Waals surface area contributed by atoms with Crippen LogP contribution in [0.15, 0.2) is 73.0 Å². The molecule has 3 atom stereocenters. The summed E-state index contributed by atoms with van der Waals surface area (Å²) in [5, 5.41) is 16.1. The summed E-state index contributed by atoms with van der Waals surface area (Å²) in [5.74, 6) is 0.571. The van der Waals surface area contributed by atoms with Crippen molar-refractivity contribution in [1.29, 1.82) is 0 Å². The minimum absolute atomic E-state index is 0.158. The number of nitrogens with one attached hydrogen (secondary N) is 2. The molecule has 0 bridgehead atoms. The van der Waals surface area contributed by atoms with E-state index in [1.54, 1.807) is 18.2 Å². The van der Waals surface area contributed by atoms with E-state index in [-0.39, 0.29) is 18.2 Å². The van der Waals surface area contributed by atoms with E-state index in [1.165, 1.54) is 5.57 Å². The molecule has 192 valence electrons. The molecule has 1 aliphatic rings. The fourth-order valence-corrected chi connectivity index (χ4v) is 4.06. The van der Waals surface area contributed by atoms with Crippen molar-refractivity contribution < 1.29 is 9.90 Å². The standard InChI is InChI=1S/C27H43N3O2.C2H6/c1-6-10-14-23(9-4)20-24-16-19-30(26(21-24)22(5)31)18-12-17-28-27(32)29-25(13-8-3)15-11-7-2;1-2/h6,8-11,13-15,22,24,26,31H,1,3,7,12,16-21H2,2,4-5H3,(H2,28,29,32);1-2H3/b14-10-,15-11-,23-9+,25-13+;/t22?,24-,26?;/m1./s1. The zero-order valence-corrected chi connectivity index (χ0v) is 22.2. The van der Waals surface area contributed by atoms with Gasteiger partial charge in [-0.05, 0) is 70.6 Å². The summed E-state index contributed by atoms with van der Waals surface area (Å²) in [5.41, 5.74) is 2.04. The summed E-state index contributed by atoms with van der Waals surface area (Å²) in [6.07, 6.45) is 19.9. The molecular weight excluding hydrogens is 422 g/mol. The number of carbonyl (C=O) groups excluding carboxylic acids is 1. The first-order chi connectivity index (χ1) is 16.4. The summed E-state index contributed by atoms with van der Waals surface area (Å²) in [6, 6.07) is -0.0542. The third-order valence-corrected chi connectivity index (χ3v) is 5.76. The molecule has 0 radical (unpaired) electrons. The van der Waals surface area contributed by atoms with Crippen LogP contribution in [-0.4, -0.2) is 47.8 Å². The van der Waals surface area contributed by atoms with Gasteiger partial charge in [0.2, 0.25) is 0 Å². The number of amides is 2. The monoisotopic (exact) mass is 471 g/mol. The van der Waals surface area contributed by atoms with E-state index in [9.17, 15) is 9.90 Å². The van der Waals surface area contributed by atoms with Crippen LogP contribution >= 0.6 is 0 Å². The Hall–Kier alpha value is -2.37. The Morgan fingerprint density at radius 3 is 2.56 bits per heavy atom. The van der Waals surface area contributed by atoms with Gasteiger partial charge in [0.25, 0.3) is 0 Å². The number of likely N-dealkylation sites (tertiary alicyclic amines) is 1. The van der Waals surface area contributed by atoms with Crippen LogP contribution in [0.3, 0.4) is 0 Å². The van der Waals surface area contributed by atoms with E-state index in [0.717, 1.165) is 50.9 Å². The zero-order valence-electron chi connectivity index (χ0n) is 22.2. The Labute approximate surface area is 209 Å². The number of hydrogen-bond acceptors (Lipinski definition) is 3. The number of aliphatic hydroxyl groups excluding tert-OH is 1. The summed E-state index contributed by atoms with van der Waals surface area (Å²) < 4.78 is 0. The molecule has 1 rings (SSSR count). The fraction of sp³-hybridized carbons (Fsp3) is 0.552. The number of allylic oxidation sites excluding steroid dienone is 9. The molecule has 0 aromatic rings. The van der Waals surface area contributed by atoms with Crippen molar-refractivity contribution in [2.75, 3.05) is 19.6 Å². The topological polar surface area (TPSA) is 64.6 Å². The summed E-state index contributed by atoms with van der Waals surface area (Å²) in [7, 11) is 0. The van der Waals surface area contributed by atoms with Gasteiger partial charge in [-0.2, -0.15) is 0 Å². The molecule has 5 nitrogen and oxygen atoms in total. The first-order valence-corrected chi connectivity index (χ1v) is 12.9. The number of hydrogen-bond donors (Lipinski definition) is 3. The molecule has 3 N–H and O–H groups in total. The smallest absolute Gasteiger partial charge is 0.319 e. The van der Waals surface area contributed by atoms with Crippen molar-refractivity contribution in [3.63, 3.8) is 0 Å². The molecule has 34 heavy (non-hydrogen) atoms. The highest BCUT2D eigenvalue weighted by Gasteiger charge is 2.31. The maximum Gasteiger partial charge on any atom is 0.319 e. The molecule has 0 aromatic heterocycles. The average molecular weight is 472 g/mol. The minimum Gasteiger partial charge on any atom is -0.392 e. The normalized spacial score (nSPS) is 20.5. The fourth-order valence-electron chi connectivity index (χ4n) is 4.06. The lowest BCUT2D eigenvalue weighted by molar-refractivity contribution is 0.0178. The summed E-state index contributed by atoms with van der Waals surface area (Å²) in [4.78, 5) is 14.5. The predicted octanol–water partition coefficient (Wildman–Crippen LogP) is 6.28. The Balaban J connectivity index is 0.00000529. The number of urea groups is 1. The summed E-state index contributed by atoms with van der Waals surface area (Å²) >= 11 is 0. The first-order valence-electron chi connectivity index (χ1n) is 12.9. The van der Waals surface area contributed by atoms with Gasteiger partial charge in [-0.3, -0.25) is 4.90 Å². The molecule has 0 spiro atoms. The van der Waals surface area contributed by atoms with Crippen molar-refractivity contribution in [3.8, 4) is 0 Å². The highest BCUT2D eigenvalue weighted by atomic mass is 16.3. The van der Waals surface area contributed by atoms with Crippen molar-refractivity contribution in [2.24, 2.45) is 5.92 Å². The number of nitrogens with zero attached hydrogens (tertiary/aromatic N) is 1. The molecule has 0 saturated carbocycles. The van der Waals surface area contributed by atoms with E-state index in [2.05, 4.69) is 47.8 Å². The van der Waals surface area contributed by atoms with Gasteiger partial charge in [0.1, 0.15) is 0 Å². The molecule has 1 heterocycles. The lowest BCUT2D eigenvalue weighted by atomic mass is 9.84. The largest absolute Gasteiger partial charge is 0.392 e. The molecule has 1 fully saturated rings. The van der Waals surface area contributed by atoms with Crippen molar-refractivity contribution in [3.05, 3.63) is 73.0 Å². The summed E-state index contributed by atoms with van der Waals surface area (Å²) in [6.45, 7) is 19.9. The first kappa shape index (κ1) is 31.6. The van der Waals surface area contributed by atoms with Crippen LogP contribution in [0.2, 0.25) is 0 Å². The highest BCUT2D eigenvalue weighted by Crippen LogP contribution is 2.30. The van der Waals surface area contributed by atoms with Gasteiger partial charge in [0.15, 0.2) is 0 Å². The van der Waals surface area contributed by atoms with Crippen LogP contribution in [0.25, 0.3) is 0 Å². The Morgan fingerprint density at radius 2 is 1.97 bits per heavy atom. The number of carbonyl (C=O) groups is 1. The molecular formula is C29H49N3O2. The molecule has 5 heteroatoms. The third kappa shape index (κ3) is 13.4. The lowest BCUT2D eigenvalue weighted by Crippen LogP contribution is -2.49. The van der Waals surface area contributed by atoms with Crippen LogP contribution < -0.4 is 10.6 Å². The molecule has 1 aliphatic heterocycles. The van der Waals surface area contributed by atoms with Gasteiger partial charge in [-0.25, -0.2) is 4.79 Å². The number of rotatable bonds is 13. The number of aliphatic hydroxyl groups is 1. The van der Waals surface area contributed by atoms with Gasteiger partial charge >= 0.3 is 6.03 Å². The second-order valence-corrected chi connectivity index (χ2v) is 8.30. The van der Waals surface area contributed by atoms with Crippen LogP contribution in [0.5, 0.6) is 0 Å². The zero-order chi connectivity index (χ0) is 25.8. The molecule has 0 aromatic carbocycles. The molecule has 1 saturated heterocycles. The van der Waals surface area contributed by atoms with E-state index in [1.807, 2.05) is 45.9 Å². The maximum atomic E-state index is 12.2. The van der Waals surface area contributed by atoms with Gasteiger partial charge in [-0.1, -0.05) is 76.0 Å². The van der Waals surface area contributed by atoms with Gasteiger partial charge in [-0.15, -0.1) is 0 Å². The average Bonchev–Trinajstić information content (AvgIpc) is 2.84. The minimum atomic E-state index is -0.371. The Bertz CT molecular complexity index is 704. The van der Waals surface area contributed by atoms with Crippen LogP contribution in [-0.2, 0) is 0 Å². The van der Waals surface area contributed by atoms with E-state index < -0.39 is 0 Å². The Kier molecular flexibility index (Phi) is 18.6. The SMILES string of the molecule is C=C/C=C\C(=C/C)C[C@H]1CCN(CCCNC(=O)NC(/C=C\CC)=C/C=C)C(C(C)O)C1.CC. The van der Waals surface area contributed by atoms with Crippen LogP contribution in [0.4, 0.5) is 4.79 Å². The second kappa shape index (κ2) is 20.0. The second-order valence-electron chi connectivity index (χ2n) is 8.30. The molecule has 0 aliphatic carbocycles. The van der Waals surface area contributed by atoms with E-state index in [4.69, 9.17) is 0 Å². The van der Waals surface area contributed by atoms with Crippen molar-refractivity contribution in [2.45, 2.75) is 78.9 Å². The van der Waals surface area contributed by atoms with E-state index in [0.29, 0.717) is 12.5 Å². The molecule has 2 amide bonds. The van der Waals surface area contributed by atoms with Crippen molar-refractivity contribution in [1.82, 2.24) is 15.5 Å². The predicted molar refractivity (Wildman–Crippen MR) is 148 cm³/mol. The quantitative estimate of drug-likeness (QED) is 0.219. The lowest BCUT2D eigenvalue weighted by Gasteiger charge is -2.41. The van der Waals surface area contributed by atoms with E-state index >= 15 is 0 Å². The maximum absolute atomic E-state index is 12.2. The van der Waals surface area contributed by atoms with Gasteiger partial charge in [0.05, 0.1) is 6.10 Å². The Morgan fingerprint density at radius 1 is 1.24 bits per heavy atom. The van der Waals surface area contributed by atoms with Gasteiger partial charge < -0.3 is 15.7 Å². The van der Waals surface area contributed by atoms with Crippen LogP contribution in [0.1, 0.15) is 66.7 Å². The highest BCUT2D eigenvalue weighted by molar-refractivity contribution is 5.76. The molecule has 2 unspecified atom stereocenters. The number of piperidine rings is 1. The third-order valence-electron chi connectivity index (χ3n) is 5.76. The van der Waals surface area contributed by atoms with Crippen LogP contribution in [0, 0.1) is 5.92 Å². The van der Waals surface area contributed by atoms with Gasteiger partial charge in [0, 0.05) is 24.8 Å². The van der Waals surface area contributed by atoms with Crippen molar-refractivity contribution >= 4 is 6.03 Å².